The van der Waals surface area contributed by atoms with E-state index in [9.17, 15) is 9.59 Å². The number of carbonyl (C=O) groups is 2. The second-order valence-electron chi connectivity index (χ2n) is 5.06. The van der Waals surface area contributed by atoms with Crippen LogP contribution < -0.4 is 5.32 Å². The lowest BCUT2D eigenvalue weighted by atomic mass is 10.00. The topological polar surface area (TPSA) is 88.4 Å². The van der Waals surface area contributed by atoms with Gasteiger partial charge in [0.2, 0.25) is 0 Å². The van der Waals surface area contributed by atoms with Crippen molar-refractivity contribution in [2.45, 2.75) is 50.2 Å². The molecule has 19 heavy (non-hydrogen) atoms. The van der Waals surface area contributed by atoms with Crippen molar-refractivity contribution < 1.29 is 19.1 Å². The van der Waals surface area contributed by atoms with Crippen LogP contribution in [0.1, 0.15) is 38.5 Å². The molecule has 0 aromatic rings. The van der Waals surface area contributed by atoms with Crippen LogP contribution >= 0.6 is 0 Å². The van der Waals surface area contributed by atoms with Crippen LogP contribution in [-0.2, 0) is 19.1 Å². The van der Waals surface area contributed by atoms with Gasteiger partial charge >= 0.3 is 5.97 Å². The van der Waals surface area contributed by atoms with E-state index in [1.807, 2.05) is 0 Å². The van der Waals surface area contributed by atoms with E-state index in [1.54, 1.807) is 0 Å². The molecule has 1 N–H and O–H groups in total. The zero-order valence-corrected chi connectivity index (χ0v) is 10.8. The average Bonchev–Trinajstić information content (AvgIpc) is 3.07. The van der Waals surface area contributed by atoms with Gasteiger partial charge in [-0.2, -0.15) is 5.26 Å². The fourth-order valence-corrected chi connectivity index (χ4v) is 2.54. The summed E-state index contributed by atoms with van der Waals surface area (Å²) in [5.74, 6) is -0.917. The molecule has 2 aliphatic rings. The Morgan fingerprint density at radius 3 is 2.68 bits per heavy atom. The standard InChI is InChI=1S/C13H18N2O4/c14-9-13(5-1-2-6-13)15-11(16)8-19-12(17)10-4-3-7-18-10/h10H,1-8H2,(H,15,16)/t10-/m1/s1. The number of amides is 1. The van der Waals surface area contributed by atoms with Gasteiger partial charge in [-0.1, -0.05) is 0 Å². The maximum absolute atomic E-state index is 11.7. The fraction of sp³-hybridized carbons (Fsp3) is 0.769. The van der Waals surface area contributed by atoms with Crippen LogP contribution in [-0.4, -0.2) is 36.7 Å². The Hall–Kier alpha value is -1.61. The molecule has 1 saturated heterocycles. The van der Waals surface area contributed by atoms with E-state index < -0.39 is 23.5 Å². The minimum absolute atomic E-state index is 0.345. The molecule has 6 heteroatoms. The molecule has 0 spiro atoms. The van der Waals surface area contributed by atoms with Crippen molar-refractivity contribution in [1.82, 2.24) is 5.32 Å². The van der Waals surface area contributed by atoms with E-state index in [0.717, 1.165) is 19.3 Å². The number of hydrogen-bond acceptors (Lipinski definition) is 5. The molecule has 2 rings (SSSR count). The molecule has 0 bridgehead atoms. The predicted octanol–water partition coefficient (Wildman–Crippen LogP) is 0.661. The summed E-state index contributed by atoms with van der Waals surface area (Å²) in [6.07, 6.45) is 4.13. The average molecular weight is 266 g/mol. The van der Waals surface area contributed by atoms with Crippen molar-refractivity contribution >= 4 is 11.9 Å². The molecule has 0 radical (unpaired) electrons. The highest BCUT2D eigenvalue weighted by Gasteiger charge is 2.35. The van der Waals surface area contributed by atoms with Crippen LogP contribution in [0.25, 0.3) is 0 Å². The maximum atomic E-state index is 11.7. The largest absolute Gasteiger partial charge is 0.454 e. The normalized spacial score (nSPS) is 24.7. The quantitative estimate of drug-likeness (QED) is 0.755. The number of carbonyl (C=O) groups excluding carboxylic acids is 2. The number of nitrogens with zero attached hydrogens (tertiary/aromatic N) is 1. The SMILES string of the molecule is N#CC1(NC(=O)COC(=O)[C@H]2CCCO2)CCCC1. The molecular weight excluding hydrogens is 248 g/mol. The van der Waals surface area contributed by atoms with Gasteiger partial charge in [0.05, 0.1) is 6.07 Å². The second-order valence-corrected chi connectivity index (χ2v) is 5.06. The summed E-state index contributed by atoms with van der Waals surface area (Å²) in [6.45, 7) is 0.214. The van der Waals surface area contributed by atoms with Crippen molar-refractivity contribution in [1.29, 1.82) is 5.26 Å². The van der Waals surface area contributed by atoms with Crippen LogP contribution in [0.15, 0.2) is 0 Å². The summed E-state index contributed by atoms with van der Waals surface area (Å²) in [4.78, 5) is 23.2. The first kappa shape index (κ1) is 13.8. The Balaban J connectivity index is 1.75. The Morgan fingerprint density at radius 1 is 1.37 bits per heavy atom. The van der Waals surface area contributed by atoms with Gasteiger partial charge in [0, 0.05) is 6.61 Å². The van der Waals surface area contributed by atoms with E-state index in [2.05, 4.69) is 11.4 Å². The van der Waals surface area contributed by atoms with Gasteiger partial charge < -0.3 is 14.8 Å². The molecule has 2 fully saturated rings. The van der Waals surface area contributed by atoms with E-state index in [-0.39, 0.29) is 6.61 Å². The number of esters is 1. The smallest absolute Gasteiger partial charge is 0.335 e. The molecular formula is C13H18N2O4. The molecule has 1 aliphatic carbocycles. The van der Waals surface area contributed by atoms with Crippen LogP contribution in [0.2, 0.25) is 0 Å². The van der Waals surface area contributed by atoms with Crippen molar-refractivity contribution in [2.75, 3.05) is 13.2 Å². The summed E-state index contributed by atoms with van der Waals surface area (Å²) < 4.78 is 10.1. The molecule has 0 unspecified atom stereocenters. The summed E-state index contributed by atoms with van der Waals surface area (Å²) >= 11 is 0. The summed E-state index contributed by atoms with van der Waals surface area (Å²) in [5, 5.41) is 11.8. The van der Waals surface area contributed by atoms with E-state index >= 15 is 0 Å². The van der Waals surface area contributed by atoms with E-state index in [4.69, 9.17) is 14.7 Å². The van der Waals surface area contributed by atoms with Crippen molar-refractivity contribution in [3.05, 3.63) is 0 Å². The zero-order chi connectivity index (χ0) is 13.7. The Kier molecular flexibility index (Phi) is 4.38. The van der Waals surface area contributed by atoms with Gasteiger partial charge in [0.15, 0.2) is 12.7 Å². The number of hydrogen-bond donors (Lipinski definition) is 1. The minimum atomic E-state index is -0.770. The van der Waals surface area contributed by atoms with Crippen LogP contribution in [0, 0.1) is 11.3 Å². The number of nitriles is 1. The molecule has 0 aromatic carbocycles. The molecule has 6 nitrogen and oxygen atoms in total. The lowest BCUT2D eigenvalue weighted by Gasteiger charge is -2.21. The molecule has 1 amide bonds. The van der Waals surface area contributed by atoms with Gasteiger partial charge in [-0.25, -0.2) is 4.79 Å². The van der Waals surface area contributed by atoms with E-state index in [1.165, 1.54) is 0 Å². The van der Waals surface area contributed by atoms with Crippen LogP contribution in [0.3, 0.4) is 0 Å². The molecule has 0 aromatic heterocycles. The third-order valence-electron chi connectivity index (χ3n) is 3.59. The number of rotatable bonds is 4. The lowest BCUT2D eigenvalue weighted by molar-refractivity contribution is -0.157. The number of ether oxygens (including phenoxy) is 2. The van der Waals surface area contributed by atoms with Crippen LogP contribution in [0.5, 0.6) is 0 Å². The van der Waals surface area contributed by atoms with Crippen molar-refractivity contribution in [3.63, 3.8) is 0 Å². The highest BCUT2D eigenvalue weighted by molar-refractivity contribution is 5.82. The van der Waals surface area contributed by atoms with Crippen molar-refractivity contribution in [3.8, 4) is 6.07 Å². The maximum Gasteiger partial charge on any atom is 0.335 e. The highest BCUT2D eigenvalue weighted by atomic mass is 16.6. The Bertz CT molecular complexity index is 390. The van der Waals surface area contributed by atoms with Gasteiger partial charge in [0.25, 0.3) is 5.91 Å². The fourth-order valence-electron chi connectivity index (χ4n) is 2.54. The molecule has 1 atom stereocenters. The first-order valence-corrected chi connectivity index (χ1v) is 6.66. The highest BCUT2D eigenvalue weighted by Crippen LogP contribution is 2.28. The predicted molar refractivity (Wildman–Crippen MR) is 64.9 cm³/mol. The minimum Gasteiger partial charge on any atom is -0.454 e. The zero-order valence-electron chi connectivity index (χ0n) is 10.8. The molecule has 1 aliphatic heterocycles. The Morgan fingerprint density at radius 2 is 2.11 bits per heavy atom. The lowest BCUT2D eigenvalue weighted by Crippen LogP contribution is -2.47. The molecule has 104 valence electrons. The molecule has 1 heterocycles. The summed E-state index contributed by atoms with van der Waals surface area (Å²) in [6, 6.07) is 2.15. The number of nitrogens with one attached hydrogen (secondary N) is 1. The summed E-state index contributed by atoms with van der Waals surface area (Å²) in [5.41, 5.74) is -0.770. The van der Waals surface area contributed by atoms with Crippen molar-refractivity contribution in [2.24, 2.45) is 0 Å². The van der Waals surface area contributed by atoms with Gasteiger partial charge in [0.1, 0.15) is 5.54 Å². The van der Waals surface area contributed by atoms with Gasteiger partial charge in [-0.3, -0.25) is 4.79 Å². The first-order valence-electron chi connectivity index (χ1n) is 6.66. The van der Waals surface area contributed by atoms with Gasteiger partial charge in [-0.15, -0.1) is 0 Å². The van der Waals surface area contributed by atoms with E-state index in [0.29, 0.717) is 25.9 Å². The van der Waals surface area contributed by atoms with Gasteiger partial charge in [-0.05, 0) is 38.5 Å². The first-order chi connectivity index (χ1) is 9.15. The Labute approximate surface area is 112 Å². The summed E-state index contributed by atoms with van der Waals surface area (Å²) in [7, 11) is 0. The third-order valence-corrected chi connectivity index (χ3v) is 3.59. The second kappa shape index (κ2) is 6.02. The molecule has 1 saturated carbocycles. The monoisotopic (exact) mass is 266 g/mol. The van der Waals surface area contributed by atoms with Crippen LogP contribution in [0.4, 0.5) is 0 Å². The third kappa shape index (κ3) is 3.44.